The number of likely N-dealkylation sites (tertiary alicyclic amines) is 1. The molecule has 88 valence electrons. The average molecular weight is 212 g/mol. The van der Waals surface area contributed by atoms with Gasteiger partial charge in [-0.25, -0.2) is 0 Å². The van der Waals surface area contributed by atoms with Crippen molar-refractivity contribution >= 4 is 5.78 Å². The maximum Gasteiger partial charge on any atom is 0.152 e. The third kappa shape index (κ3) is 4.31. The predicted octanol–water partition coefficient (Wildman–Crippen LogP) is 1.41. The van der Waals surface area contributed by atoms with Crippen molar-refractivity contribution in [3.63, 3.8) is 0 Å². The second-order valence-corrected chi connectivity index (χ2v) is 4.85. The monoisotopic (exact) mass is 212 g/mol. The van der Waals surface area contributed by atoms with Gasteiger partial charge in [-0.15, -0.1) is 0 Å². The van der Waals surface area contributed by atoms with Crippen LogP contribution in [0, 0.1) is 5.92 Å². The van der Waals surface area contributed by atoms with Gasteiger partial charge in [0.2, 0.25) is 0 Å². The molecule has 0 saturated carbocycles. The molecular weight excluding hydrogens is 188 g/mol. The number of piperidine rings is 1. The lowest BCUT2D eigenvalue weighted by Crippen LogP contribution is -2.39. The molecule has 0 aliphatic carbocycles. The van der Waals surface area contributed by atoms with E-state index in [1.165, 1.54) is 32.4 Å². The molecule has 0 aromatic rings. The zero-order valence-corrected chi connectivity index (χ0v) is 10.0. The summed E-state index contributed by atoms with van der Waals surface area (Å²) in [6, 6.07) is -0.257. The molecule has 3 heteroatoms. The highest BCUT2D eigenvalue weighted by molar-refractivity contribution is 5.85. The minimum atomic E-state index is -0.257. The van der Waals surface area contributed by atoms with Crippen molar-refractivity contribution < 1.29 is 4.79 Å². The summed E-state index contributed by atoms with van der Waals surface area (Å²) in [5.74, 6) is 0.272. The molecule has 1 unspecified atom stereocenters. The minimum absolute atomic E-state index is 0.0707. The fourth-order valence-corrected chi connectivity index (χ4v) is 2.08. The van der Waals surface area contributed by atoms with Gasteiger partial charge in [0.15, 0.2) is 5.78 Å². The Labute approximate surface area is 93.0 Å². The summed E-state index contributed by atoms with van der Waals surface area (Å²) in [7, 11) is 0. The molecule has 1 aliphatic rings. The molecule has 0 aromatic heterocycles. The fraction of sp³-hybridized carbons (Fsp3) is 0.917. The first kappa shape index (κ1) is 12.7. The third-order valence-electron chi connectivity index (χ3n) is 3.14. The molecule has 3 nitrogen and oxygen atoms in total. The van der Waals surface area contributed by atoms with Gasteiger partial charge in [0.1, 0.15) is 0 Å². The Morgan fingerprint density at radius 1 is 1.27 bits per heavy atom. The molecule has 0 bridgehead atoms. The molecule has 15 heavy (non-hydrogen) atoms. The topological polar surface area (TPSA) is 46.3 Å². The van der Waals surface area contributed by atoms with Gasteiger partial charge in [0.05, 0.1) is 6.04 Å². The van der Waals surface area contributed by atoms with Crippen LogP contribution in [-0.4, -0.2) is 36.4 Å². The molecule has 1 fully saturated rings. The number of hydrogen-bond acceptors (Lipinski definition) is 3. The Hall–Kier alpha value is -0.410. The van der Waals surface area contributed by atoms with Crippen LogP contribution in [0.1, 0.15) is 39.5 Å². The van der Waals surface area contributed by atoms with Crippen LogP contribution in [0.4, 0.5) is 0 Å². The van der Waals surface area contributed by atoms with Gasteiger partial charge in [-0.3, -0.25) is 4.79 Å². The van der Waals surface area contributed by atoms with Crippen LogP contribution < -0.4 is 5.73 Å². The number of ketones is 1. The van der Waals surface area contributed by atoms with E-state index in [1.807, 2.05) is 13.8 Å². The van der Waals surface area contributed by atoms with E-state index in [2.05, 4.69) is 4.90 Å². The summed E-state index contributed by atoms with van der Waals surface area (Å²) in [5.41, 5.74) is 5.86. The first-order valence-corrected chi connectivity index (χ1v) is 6.13. The predicted molar refractivity (Wildman–Crippen MR) is 62.7 cm³/mol. The Morgan fingerprint density at radius 3 is 2.40 bits per heavy atom. The summed E-state index contributed by atoms with van der Waals surface area (Å²) in [5, 5.41) is 0. The Kier molecular flexibility index (Phi) is 5.26. The zero-order chi connectivity index (χ0) is 11.3. The number of nitrogens with zero attached hydrogens (tertiary/aromatic N) is 1. The summed E-state index contributed by atoms with van der Waals surface area (Å²) in [4.78, 5) is 14.0. The third-order valence-corrected chi connectivity index (χ3v) is 3.14. The average Bonchev–Trinajstić information content (AvgIpc) is 2.26. The van der Waals surface area contributed by atoms with Crippen molar-refractivity contribution in [1.82, 2.24) is 4.90 Å². The van der Waals surface area contributed by atoms with Gasteiger partial charge < -0.3 is 10.6 Å². The van der Waals surface area contributed by atoms with Crippen molar-refractivity contribution in [2.24, 2.45) is 11.7 Å². The van der Waals surface area contributed by atoms with Gasteiger partial charge in [0.25, 0.3) is 0 Å². The summed E-state index contributed by atoms with van der Waals surface area (Å²) < 4.78 is 0. The van der Waals surface area contributed by atoms with Crippen LogP contribution in [0.15, 0.2) is 0 Å². The second kappa shape index (κ2) is 6.23. The van der Waals surface area contributed by atoms with Crippen LogP contribution in [0.5, 0.6) is 0 Å². The first-order chi connectivity index (χ1) is 7.11. The molecule has 2 N–H and O–H groups in total. The van der Waals surface area contributed by atoms with Crippen molar-refractivity contribution in [3.8, 4) is 0 Å². The van der Waals surface area contributed by atoms with Crippen LogP contribution in [-0.2, 0) is 4.79 Å². The zero-order valence-electron chi connectivity index (χ0n) is 10.0. The maximum atomic E-state index is 11.6. The number of nitrogens with two attached hydrogens (primary N) is 1. The lowest BCUT2D eigenvalue weighted by molar-refractivity contribution is -0.123. The van der Waals surface area contributed by atoms with E-state index in [0.717, 1.165) is 13.0 Å². The van der Waals surface area contributed by atoms with E-state index in [0.29, 0.717) is 0 Å². The Bertz CT molecular complexity index is 198. The van der Waals surface area contributed by atoms with Crippen molar-refractivity contribution in [1.29, 1.82) is 0 Å². The van der Waals surface area contributed by atoms with Crippen molar-refractivity contribution in [2.45, 2.75) is 45.6 Å². The molecule has 1 aliphatic heterocycles. The Morgan fingerprint density at radius 2 is 1.87 bits per heavy atom. The van der Waals surface area contributed by atoms with Gasteiger partial charge >= 0.3 is 0 Å². The van der Waals surface area contributed by atoms with Gasteiger partial charge in [-0.2, -0.15) is 0 Å². The fourth-order valence-electron chi connectivity index (χ4n) is 2.08. The normalized spacial score (nSPS) is 20.5. The molecule has 1 rings (SSSR count). The van der Waals surface area contributed by atoms with Gasteiger partial charge in [-0.1, -0.05) is 20.3 Å². The number of carbonyl (C=O) groups is 1. The van der Waals surface area contributed by atoms with Crippen LogP contribution in [0.2, 0.25) is 0 Å². The molecule has 1 heterocycles. The first-order valence-electron chi connectivity index (χ1n) is 6.13. The maximum absolute atomic E-state index is 11.6. The number of carbonyl (C=O) groups excluding carboxylic acids is 1. The molecule has 0 spiro atoms. The second-order valence-electron chi connectivity index (χ2n) is 4.85. The van der Waals surface area contributed by atoms with E-state index >= 15 is 0 Å². The standard InChI is InChI=1S/C12H24N2O/c1-10(2)12(15)11(13)6-9-14-7-4-3-5-8-14/h10-11H,3-9,13H2,1-2H3. The van der Waals surface area contributed by atoms with E-state index < -0.39 is 0 Å². The molecular formula is C12H24N2O. The van der Waals surface area contributed by atoms with E-state index in [9.17, 15) is 4.79 Å². The highest BCUT2D eigenvalue weighted by Gasteiger charge is 2.18. The highest BCUT2D eigenvalue weighted by atomic mass is 16.1. The summed E-state index contributed by atoms with van der Waals surface area (Å²) >= 11 is 0. The van der Waals surface area contributed by atoms with Crippen LogP contribution in [0.3, 0.4) is 0 Å². The van der Waals surface area contributed by atoms with Crippen LogP contribution >= 0.6 is 0 Å². The smallest absolute Gasteiger partial charge is 0.152 e. The van der Waals surface area contributed by atoms with Crippen molar-refractivity contribution in [2.75, 3.05) is 19.6 Å². The summed E-state index contributed by atoms with van der Waals surface area (Å²) in [6.07, 6.45) is 4.77. The van der Waals surface area contributed by atoms with Crippen molar-refractivity contribution in [3.05, 3.63) is 0 Å². The molecule has 0 radical (unpaired) electrons. The SMILES string of the molecule is CC(C)C(=O)C(N)CCN1CCCCC1. The van der Waals surface area contributed by atoms with Gasteiger partial charge in [-0.05, 0) is 32.4 Å². The molecule has 1 atom stereocenters. The lowest BCUT2D eigenvalue weighted by Gasteiger charge is -2.27. The molecule has 0 amide bonds. The Balaban J connectivity index is 2.20. The highest BCUT2D eigenvalue weighted by Crippen LogP contribution is 2.10. The summed E-state index contributed by atoms with van der Waals surface area (Å²) in [6.45, 7) is 7.19. The van der Waals surface area contributed by atoms with Crippen LogP contribution in [0.25, 0.3) is 0 Å². The quantitative estimate of drug-likeness (QED) is 0.749. The number of rotatable bonds is 5. The van der Waals surface area contributed by atoms with E-state index in [4.69, 9.17) is 5.73 Å². The number of Topliss-reactive ketones (excluding diaryl/α,β-unsaturated/α-hetero) is 1. The van der Waals surface area contributed by atoms with Gasteiger partial charge in [0, 0.05) is 12.5 Å². The minimum Gasteiger partial charge on any atom is -0.321 e. The lowest BCUT2D eigenvalue weighted by atomic mass is 9.99. The van der Waals surface area contributed by atoms with E-state index in [1.54, 1.807) is 0 Å². The van der Waals surface area contributed by atoms with E-state index in [-0.39, 0.29) is 17.7 Å². The molecule has 0 aromatic carbocycles. The largest absolute Gasteiger partial charge is 0.321 e. The number of hydrogen-bond donors (Lipinski definition) is 1. The molecule has 1 saturated heterocycles.